The van der Waals surface area contributed by atoms with Crippen LogP contribution in [0.2, 0.25) is 0 Å². The zero-order valence-corrected chi connectivity index (χ0v) is 17.8. The lowest BCUT2D eigenvalue weighted by Crippen LogP contribution is -2.36. The normalized spacial score (nSPS) is 12.0. The van der Waals surface area contributed by atoms with E-state index >= 15 is 0 Å². The number of fused-ring (bicyclic) bond motifs is 1. The van der Waals surface area contributed by atoms with Crippen molar-refractivity contribution in [1.29, 1.82) is 0 Å². The number of hydrogen-bond donors (Lipinski definition) is 0. The van der Waals surface area contributed by atoms with E-state index in [0.29, 0.717) is 29.3 Å². The van der Waals surface area contributed by atoms with Crippen LogP contribution in [-0.2, 0) is 5.41 Å². The number of carbonyl (C=O) groups is 1. The van der Waals surface area contributed by atoms with Crippen molar-refractivity contribution in [3.63, 3.8) is 0 Å². The number of hydrogen-bond acceptors (Lipinski definition) is 4. The first-order valence-electron chi connectivity index (χ1n) is 9.28. The van der Waals surface area contributed by atoms with Crippen LogP contribution in [0.1, 0.15) is 36.7 Å². The van der Waals surface area contributed by atoms with Gasteiger partial charge in [-0.3, -0.25) is 9.69 Å². The number of benzene rings is 2. The number of likely N-dealkylation sites (N-methyl/N-ethyl adjacent to an activating group) is 1. The van der Waals surface area contributed by atoms with E-state index in [1.165, 1.54) is 29.0 Å². The van der Waals surface area contributed by atoms with Crippen molar-refractivity contribution >= 4 is 32.6 Å². The summed E-state index contributed by atoms with van der Waals surface area (Å²) in [6, 6.07) is 12.3. The molecule has 4 nitrogen and oxygen atoms in total. The molecule has 0 N–H and O–H groups in total. The van der Waals surface area contributed by atoms with Crippen LogP contribution < -0.4 is 4.90 Å². The van der Waals surface area contributed by atoms with Crippen LogP contribution in [0.3, 0.4) is 0 Å². The second kappa shape index (κ2) is 7.97. The van der Waals surface area contributed by atoms with Gasteiger partial charge in [0, 0.05) is 18.7 Å². The lowest BCUT2D eigenvalue weighted by Gasteiger charge is -2.23. The smallest absolute Gasteiger partial charge is 0.260 e. The number of rotatable bonds is 5. The maximum absolute atomic E-state index is 13.6. The van der Waals surface area contributed by atoms with Gasteiger partial charge in [0.25, 0.3) is 5.91 Å². The number of carbonyl (C=O) groups excluding carboxylic acids is 1. The summed E-state index contributed by atoms with van der Waals surface area (Å²) >= 11 is 1.34. The fourth-order valence-corrected chi connectivity index (χ4v) is 3.87. The van der Waals surface area contributed by atoms with Gasteiger partial charge in [-0.25, -0.2) is 9.37 Å². The first-order valence-corrected chi connectivity index (χ1v) is 10.1. The van der Waals surface area contributed by atoms with Crippen molar-refractivity contribution in [1.82, 2.24) is 9.88 Å². The number of halogens is 1. The third-order valence-corrected chi connectivity index (χ3v) is 5.63. The molecule has 0 radical (unpaired) electrons. The van der Waals surface area contributed by atoms with Gasteiger partial charge in [-0.2, -0.15) is 0 Å². The Balaban J connectivity index is 1.95. The monoisotopic (exact) mass is 399 g/mol. The molecule has 0 aliphatic rings. The molecule has 0 fully saturated rings. The molecule has 3 rings (SSSR count). The highest BCUT2D eigenvalue weighted by atomic mass is 32.1. The molecule has 2 aromatic carbocycles. The SMILES string of the molecule is CN(C)CCN(C(=O)c1ccc(C(C)(C)C)cc1)c1nc2ccc(F)cc2s1. The van der Waals surface area contributed by atoms with Gasteiger partial charge in [0.1, 0.15) is 5.82 Å². The van der Waals surface area contributed by atoms with Gasteiger partial charge in [0.15, 0.2) is 5.13 Å². The van der Waals surface area contributed by atoms with Crippen molar-refractivity contribution in [2.24, 2.45) is 0 Å². The van der Waals surface area contributed by atoms with Gasteiger partial charge >= 0.3 is 0 Å². The summed E-state index contributed by atoms with van der Waals surface area (Å²) in [5.74, 6) is -0.395. The molecule has 6 heteroatoms. The summed E-state index contributed by atoms with van der Waals surface area (Å²) in [6.45, 7) is 7.65. The van der Waals surface area contributed by atoms with Crippen LogP contribution in [0.5, 0.6) is 0 Å². The molecule has 0 unspecified atom stereocenters. The van der Waals surface area contributed by atoms with Gasteiger partial charge in [-0.05, 0) is 55.4 Å². The quantitative estimate of drug-likeness (QED) is 0.610. The average molecular weight is 400 g/mol. The molecule has 1 aromatic heterocycles. The molecule has 0 bridgehead atoms. The van der Waals surface area contributed by atoms with Crippen molar-refractivity contribution in [2.45, 2.75) is 26.2 Å². The Bertz CT molecular complexity index is 974. The molecule has 1 amide bonds. The van der Waals surface area contributed by atoms with Crippen LogP contribution in [-0.4, -0.2) is 43.0 Å². The second-order valence-corrected chi connectivity index (χ2v) is 9.21. The molecule has 148 valence electrons. The largest absolute Gasteiger partial charge is 0.308 e. The van der Waals surface area contributed by atoms with E-state index < -0.39 is 0 Å². The van der Waals surface area contributed by atoms with E-state index in [2.05, 4.69) is 25.8 Å². The number of aromatic nitrogens is 1. The maximum atomic E-state index is 13.6. The molecular formula is C22H26FN3OS. The van der Waals surface area contributed by atoms with Crippen LogP contribution in [0.15, 0.2) is 42.5 Å². The molecule has 0 spiro atoms. The summed E-state index contributed by atoms with van der Waals surface area (Å²) in [5.41, 5.74) is 2.53. The first-order chi connectivity index (χ1) is 13.1. The van der Waals surface area contributed by atoms with Crippen LogP contribution >= 0.6 is 11.3 Å². The molecule has 0 saturated heterocycles. The number of amides is 1. The van der Waals surface area contributed by atoms with E-state index in [4.69, 9.17) is 0 Å². The minimum absolute atomic E-state index is 0.0310. The fraction of sp³-hybridized carbons (Fsp3) is 0.364. The van der Waals surface area contributed by atoms with Crippen molar-refractivity contribution < 1.29 is 9.18 Å². The second-order valence-electron chi connectivity index (χ2n) is 8.20. The predicted molar refractivity (Wildman–Crippen MR) is 115 cm³/mol. The Morgan fingerprint density at radius 2 is 1.75 bits per heavy atom. The Hall–Kier alpha value is -2.31. The molecule has 0 aliphatic carbocycles. The van der Waals surface area contributed by atoms with E-state index in [1.807, 2.05) is 43.3 Å². The zero-order valence-electron chi connectivity index (χ0n) is 17.0. The highest BCUT2D eigenvalue weighted by molar-refractivity contribution is 7.22. The molecule has 0 saturated carbocycles. The predicted octanol–water partition coefficient (Wildman–Crippen LogP) is 4.94. The van der Waals surface area contributed by atoms with Crippen LogP contribution in [0, 0.1) is 5.82 Å². The van der Waals surface area contributed by atoms with Gasteiger partial charge in [0.2, 0.25) is 0 Å². The Kier molecular flexibility index (Phi) is 5.82. The highest BCUT2D eigenvalue weighted by Crippen LogP contribution is 2.30. The Morgan fingerprint density at radius 3 is 2.36 bits per heavy atom. The molecule has 3 aromatic rings. The standard InChI is InChI=1S/C22H26FN3OS/c1-22(2,3)16-8-6-15(7-9-16)20(27)26(13-12-25(4)5)21-24-18-11-10-17(23)14-19(18)28-21/h6-11,14H,12-13H2,1-5H3. The van der Waals surface area contributed by atoms with E-state index in [-0.39, 0.29) is 17.1 Å². The Morgan fingerprint density at radius 1 is 1.07 bits per heavy atom. The van der Waals surface area contributed by atoms with E-state index in [9.17, 15) is 9.18 Å². The summed E-state index contributed by atoms with van der Waals surface area (Å²) in [4.78, 5) is 21.5. The number of thiazole rings is 1. The maximum Gasteiger partial charge on any atom is 0.260 e. The van der Waals surface area contributed by atoms with Crippen LogP contribution in [0.25, 0.3) is 10.2 Å². The van der Waals surface area contributed by atoms with Gasteiger partial charge in [-0.15, -0.1) is 0 Å². The summed E-state index contributed by atoms with van der Waals surface area (Å²) < 4.78 is 14.3. The number of anilines is 1. The minimum atomic E-state index is -0.299. The van der Waals surface area contributed by atoms with E-state index in [1.54, 1.807) is 11.0 Å². The topological polar surface area (TPSA) is 36.4 Å². The minimum Gasteiger partial charge on any atom is -0.308 e. The molecule has 0 aliphatic heterocycles. The summed E-state index contributed by atoms with van der Waals surface area (Å²) in [5, 5.41) is 0.590. The van der Waals surface area contributed by atoms with Gasteiger partial charge in [0.05, 0.1) is 10.2 Å². The summed E-state index contributed by atoms with van der Waals surface area (Å²) in [7, 11) is 3.93. The van der Waals surface area contributed by atoms with Gasteiger partial charge in [-0.1, -0.05) is 44.2 Å². The first kappa shape index (κ1) is 20.4. The van der Waals surface area contributed by atoms with Gasteiger partial charge < -0.3 is 4.90 Å². The number of nitrogens with zero attached hydrogens (tertiary/aromatic N) is 3. The lowest BCUT2D eigenvalue weighted by molar-refractivity contribution is 0.0985. The van der Waals surface area contributed by atoms with Crippen molar-refractivity contribution in [3.05, 3.63) is 59.4 Å². The molecule has 28 heavy (non-hydrogen) atoms. The molecular weight excluding hydrogens is 373 g/mol. The average Bonchev–Trinajstić information content (AvgIpc) is 3.03. The highest BCUT2D eigenvalue weighted by Gasteiger charge is 2.22. The van der Waals surface area contributed by atoms with Crippen molar-refractivity contribution in [2.75, 3.05) is 32.1 Å². The van der Waals surface area contributed by atoms with Crippen LogP contribution in [0.4, 0.5) is 9.52 Å². The fourth-order valence-electron chi connectivity index (χ4n) is 2.85. The van der Waals surface area contributed by atoms with E-state index in [0.717, 1.165) is 4.70 Å². The lowest BCUT2D eigenvalue weighted by atomic mass is 9.86. The molecule has 0 atom stereocenters. The summed E-state index contributed by atoms with van der Waals surface area (Å²) in [6.07, 6.45) is 0. The molecule has 1 heterocycles. The third kappa shape index (κ3) is 4.56. The Labute approximate surface area is 169 Å². The third-order valence-electron chi connectivity index (χ3n) is 4.58. The zero-order chi connectivity index (χ0) is 20.5. The van der Waals surface area contributed by atoms with Crippen molar-refractivity contribution in [3.8, 4) is 0 Å².